The summed E-state index contributed by atoms with van der Waals surface area (Å²) in [6.45, 7) is 7.73. The number of ether oxygens (including phenoxy) is 1. The summed E-state index contributed by atoms with van der Waals surface area (Å²) in [7, 11) is 0. The highest BCUT2D eigenvalue weighted by molar-refractivity contribution is 6.31. The summed E-state index contributed by atoms with van der Waals surface area (Å²) in [6.07, 6.45) is 1.26. The molecule has 0 spiro atoms. The highest BCUT2D eigenvalue weighted by Gasteiger charge is 2.38. The number of hydrogen-bond acceptors (Lipinski definition) is 4. The van der Waals surface area contributed by atoms with Gasteiger partial charge in [-0.1, -0.05) is 29.8 Å². The maximum Gasteiger partial charge on any atom is 0.337 e. The number of hydrogen-bond donors (Lipinski definition) is 1. The van der Waals surface area contributed by atoms with Crippen molar-refractivity contribution in [1.29, 1.82) is 0 Å². The van der Waals surface area contributed by atoms with Gasteiger partial charge < -0.3 is 14.7 Å². The van der Waals surface area contributed by atoms with E-state index in [1.54, 1.807) is 56.1 Å². The lowest BCUT2D eigenvalue weighted by atomic mass is 9.81. The van der Waals surface area contributed by atoms with Crippen LogP contribution >= 0.6 is 11.6 Å². The molecule has 0 bridgehead atoms. The van der Waals surface area contributed by atoms with Gasteiger partial charge in [-0.3, -0.25) is 0 Å². The second kappa shape index (κ2) is 7.74. The van der Waals surface area contributed by atoms with E-state index in [1.807, 2.05) is 6.92 Å². The number of carboxylic acids is 1. The highest BCUT2D eigenvalue weighted by Crippen LogP contribution is 2.41. The summed E-state index contributed by atoms with van der Waals surface area (Å²) < 4.78 is 5.39. The van der Waals surface area contributed by atoms with Crippen LogP contribution < -0.4 is 0 Å². The summed E-state index contributed by atoms with van der Waals surface area (Å²) in [5, 5.41) is 10.1. The number of carbonyl (C=O) groups excluding carboxylic acids is 1. The smallest absolute Gasteiger partial charge is 0.337 e. The summed E-state index contributed by atoms with van der Waals surface area (Å²) >= 11 is 6.31. The van der Waals surface area contributed by atoms with Gasteiger partial charge in [0.25, 0.3) is 0 Å². The molecule has 1 aliphatic heterocycles. The number of aliphatic carboxylic acids is 1. The Labute approximate surface area is 152 Å². The Morgan fingerprint density at radius 1 is 1.32 bits per heavy atom. The van der Waals surface area contributed by atoms with E-state index in [2.05, 4.69) is 0 Å². The summed E-state index contributed by atoms with van der Waals surface area (Å²) in [5.41, 5.74) is 1.64. The monoisotopic (exact) mass is 363 g/mol. The number of carbonyl (C=O) groups is 2. The molecule has 1 aromatic carbocycles. The zero-order valence-corrected chi connectivity index (χ0v) is 15.5. The number of halogens is 1. The molecule has 25 heavy (non-hydrogen) atoms. The molecule has 1 unspecified atom stereocenters. The van der Waals surface area contributed by atoms with Crippen LogP contribution in [-0.4, -0.2) is 34.6 Å². The highest BCUT2D eigenvalue weighted by atomic mass is 35.5. The Balaban J connectivity index is 2.68. The van der Waals surface area contributed by atoms with E-state index in [4.69, 9.17) is 16.3 Å². The van der Waals surface area contributed by atoms with Crippen molar-refractivity contribution in [2.45, 2.75) is 39.7 Å². The first-order valence-electron chi connectivity index (χ1n) is 8.15. The third kappa shape index (κ3) is 3.87. The van der Waals surface area contributed by atoms with E-state index in [0.717, 1.165) is 0 Å². The Morgan fingerprint density at radius 3 is 2.48 bits per heavy atom. The van der Waals surface area contributed by atoms with Gasteiger partial charge in [0.1, 0.15) is 0 Å². The molecule has 134 valence electrons. The molecule has 0 fully saturated rings. The average Bonchev–Trinajstić information content (AvgIpc) is 2.53. The van der Waals surface area contributed by atoms with Gasteiger partial charge in [-0.2, -0.15) is 0 Å². The van der Waals surface area contributed by atoms with Crippen LogP contribution in [0.3, 0.4) is 0 Å². The third-order valence-corrected chi connectivity index (χ3v) is 4.43. The van der Waals surface area contributed by atoms with Crippen molar-refractivity contribution in [2.24, 2.45) is 0 Å². The molecule has 5 nitrogen and oxygen atoms in total. The van der Waals surface area contributed by atoms with Crippen LogP contribution in [-0.2, 0) is 14.3 Å². The largest absolute Gasteiger partial charge is 0.478 e. The minimum Gasteiger partial charge on any atom is -0.478 e. The second-order valence-corrected chi connectivity index (χ2v) is 6.49. The zero-order valence-electron chi connectivity index (χ0n) is 14.7. The number of allylic oxidation sites excluding steroid dienone is 1. The predicted molar refractivity (Wildman–Crippen MR) is 96.2 cm³/mol. The third-order valence-electron chi connectivity index (χ3n) is 4.08. The molecule has 0 radical (unpaired) electrons. The molecule has 1 aromatic rings. The van der Waals surface area contributed by atoms with Gasteiger partial charge >= 0.3 is 11.9 Å². The predicted octanol–water partition coefficient (Wildman–Crippen LogP) is 3.95. The molecule has 1 heterocycles. The maximum absolute atomic E-state index is 12.8. The van der Waals surface area contributed by atoms with E-state index < -0.39 is 17.9 Å². The quantitative estimate of drug-likeness (QED) is 0.802. The molecule has 2 rings (SSSR count). The molecule has 1 N–H and O–H groups in total. The molecule has 0 aromatic heterocycles. The number of carboxylic acid groups (broad SMARTS) is 1. The van der Waals surface area contributed by atoms with Gasteiger partial charge in [0.05, 0.1) is 23.2 Å². The Kier molecular flexibility index (Phi) is 5.90. The van der Waals surface area contributed by atoms with E-state index in [9.17, 15) is 14.7 Å². The number of benzene rings is 1. The van der Waals surface area contributed by atoms with Crippen LogP contribution in [0.15, 0.2) is 47.3 Å². The van der Waals surface area contributed by atoms with Crippen molar-refractivity contribution in [3.63, 3.8) is 0 Å². The second-order valence-electron chi connectivity index (χ2n) is 6.08. The fourth-order valence-electron chi connectivity index (χ4n) is 2.94. The van der Waals surface area contributed by atoms with Crippen molar-refractivity contribution in [1.82, 2.24) is 4.90 Å². The average molecular weight is 364 g/mol. The lowest BCUT2D eigenvalue weighted by Crippen LogP contribution is -2.32. The van der Waals surface area contributed by atoms with Gasteiger partial charge in [0.15, 0.2) is 0 Å². The molecule has 0 aliphatic carbocycles. The Hall–Kier alpha value is -2.27. The molecular formula is C19H22ClNO4. The van der Waals surface area contributed by atoms with E-state index in [-0.39, 0.29) is 11.7 Å². The normalized spacial score (nSPS) is 17.6. The first kappa shape index (κ1) is 19.1. The van der Waals surface area contributed by atoms with Crippen LogP contribution in [0.2, 0.25) is 5.02 Å². The van der Waals surface area contributed by atoms with Crippen molar-refractivity contribution in [3.8, 4) is 0 Å². The van der Waals surface area contributed by atoms with Gasteiger partial charge in [-0.25, -0.2) is 9.59 Å². The van der Waals surface area contributed by atoms with Crippen molar-refractivity contribution in [3.05, 3.63) is 57.9 Å². The van der Waals surface area contributed by atoms with E-state index >= 15 is 0 Å². The standard InChI is InChI=1S/C19H22ClNO4/c1-5-21-10-14(18(22)23)17(13-8-6-7-9-15(13)20)16(12(21)4)19(24)25-11(2)3/h6-11,17H,5H2,1-4H3,(H,22,23). The zero-order chi connectivity index (χ0) is 18.7. The number of nitrogens with zero attached hydrogens (tertiary/aromatic N) is 1. The topological polar surface area (TPSA) is 66.8 Å². The fourth-order valence-corrected chi connectivity index (χ4v) is 3.19. The summed E-state index contributed by atoms with van der Waals surface area (Å²) in [4.78, 5) is 26.4. The minimum absolute atomic E-state index is 0.0938. The summed E-state index contributed by atoms with van der Waals surface area (Å²) in [6, 6.07) is 6.96. The molecule has 0 saturated carbocycles. The SMILES string of the molecule is CCN1C=C(C(=O)O)C(c2ccccc2Cl)C(C(=O)OC(C)C)=C1C. The van der Waals surface area contributed by atoms with E-state index in [1.165, 1.54) is 0 Å². The van der Waals surface area contributed by atoms with Crippen LogP contribution in [0.5, 0.6) is 0 Å². The fraction of sp³-hybridized carbons (Fsp3) is 0.368. The minimum atomic E-state index is -1.09. The van der Waals surface area contributed by atoms with E-state index in [0.29, 0.717) is 28.4 Å². The molecule has 1 atom stereocenters. The molecule has 1 aliphatic rings. The first-order valence-corrected chi connectivity index (χ1v) is 8.53. The van der Waals surface area contributed by atoms with Crippen molar-refractivity contribution < 1.29 is 19.4 Å². The lowest BCUT2D eigenvalue weighted by molar-refractivity contribution is -0.143. The Morgan fingerprint density at radius 2 is 1.96 bits per heavy atom. The summed E-state index contributed by atoms with van der Waals surface area (Å²) in [5.74, 6) is -2.39. The number of esters is 1. The van der Waals surface area contributed by atoms with Crippen molar-refractivity contribution >= 4 is 23.5 Å². The molecular weight excluding hydrogens is 342 g/mol. The van der Waals surface area contributed by atoms with Crippen LogP contribution in [0, 0.1) is 0 Å². The number of rotatable bonds is 5. The van der Waals surface area contributed by atoms with Gasteiger partial charge in [0.2, 0.25) is 0 Å². The van der Waals surface area contributed by atoms with Gasteiger partial charge in [0, 0.05) is 23.5 Å². The van der Waals surface area contributed by atoms with Crippen LogP contribution in [0.1, 0.15) is 39.2 Å². The van der Waals surface area contributed by atoms with Crippen LogP contribution in [0.25, 0.3) is 0 Å². The maximum atomic E-state index is 12.8. The molecule has 6 heteroatoms. The molecule has 0 amide bonds. The Bertz CT molecular complexity index is 752. The van der Waals surface area contributed by atoms with Crippen LogP contribution in [0.4, 0.5) is 0 Å². The lowest BCUT2D eigenvalue weighted by Gasteiger charge is -2.33. The van der Waals surface area contributed by atoms with Gasteiger partial charge in [-0.15, -0.1) is 0 Å². The molecule has 0 saturated heterocycles. The first-order chi connectivity index (χ1) is 11.8. The van der Waals surface area contributed by atoms with Gasteiger partial charge in [-0.05, 0) is 39.3 Å². The van der Waals surface area contributed by atoms with Crippen molar-refractivity contribution in [2.75, 3.05) is 6.54 Å².